The topological polar surface area (TPSA) is 38.3 Å². The summed E-state index contributed by atoms with van der Waals surface area (Å²) < 4.78 is 5.74. The fraction of sp³-hybridized carbons (Fsp3) is 0.533. The maximum absolute atomic E-state index is 11.6. The molecule has 1 aliphatic rings. The summed E-state index contributed by atoms with van der Waals surface area (Å²) >= 11 is 0. The lowest BCUT2D eigenvalue weighted by Gasteiger charge is -2.37. The van der Waals surface area contributed by atoms with Gasteiger partial charge in [0.1, 0.15) is 5.78 Å². The number of nitrogens with one attached hydrogen (secondary N) is 1. The van der Waals surface area contributed by atoms with Crippen molar-refractivity contribution >= 4 is 5.78 Å². The summed E-state index contributed by atoms with van der Waals surface area (Å²) in [6.07, 6.45) is 1.19. The summed E-state index contributed by atoms with van der Waals surface area (Å²) in [5, 5.41) is 3.46. The van der Waals surface area contributed by atoms with Crippen molar-refractivity contribution in [1.29, 1.82) is 0 Å². The van der Waals surface area contributed by atoms with Crippen LogP contribution in [0, 0.1) is 0 Å². The van der Waals surface area contributed by atoms with Crippen molar-refractivity contribution in [2.45, 2.75) is 44.9 Å². The molecule has 0 amide bonds. The van der Waals surface area contributed by atoms with Crippen LogP contribution in [0.25, 0.3) is 0 Å². The molecule has 0 spiro atoms. The summed E-state index contributed by atoms with van der Waals surface area (Å²) in [7, 11) is 0. The van der Waals surface area contributed by atoms with E-state index in [0.717, 1.165) is 5.56 Å². The summed E-state index contributed by atoms with van der Waals surface area (Å²) in [5.74, 6) is 0.326. The number of ether oxygens (including phenoxy) is 1. The number of piperidine rings is 1. The molecule has 0 bridgehead atoms. The van der Waals surface area contributed by atoms with Crippen LogP contribution in [0.2, 0.25) is 0 Å². The zero-order valence-corrected chi connectivity index (χ0v) is 11.1. The average Bonchev–Trinajstić information content (AvgIpc) is 2.28. The monoisotopic (exact) mass is 247 g/mol. The molecule has 1 fully saturated rings. The lowest BCUT2D eigenvalue weighted by molar-refractivity contribution is -0.124. The van der Waals surface area contributed by atoms with Crippen LogP contribution in [0.1, 0.15) is 32.3 Å². The molecule has 1 aromatic carbocycles. The highest BCUT2D eigenvalue weighted by Crippen LogP contribution is 2.20. The van der Waals surface area contributed by atoms with Gasteiger partial charge in [-0.1, -0.05) is 30.3 Å². The lowest BCUT2D eigenvalue weighted by Crippen LogP contribution is -2.56. The van der Waals surface area contributed by atoms with Gasteiger partial charge in [-0.25, -0.2) is 0 Å². The number of Topliss-reactive ketones (excluding diaryl/α,β-unsaturated/α-hetero) is 1. The molecule has 1 aromatic rings. The number of ketones is 1. The maximum Gasteiger partial charge on any atom is 0.136 e. The molecule has 1 N–H and O–H groups in total. The second-order valence-corrected chi connectivity index (χ2v) is 5.50. The largest absolute Gasteiger partial charge is 0.375 e. The summed E-state index contributed by atoms with van der Waals surface area (Å²) in [4.78, 5) is 11.6. The van der Waals surface area contributed by atoms with E-state index in [2.05, 4.69) is 12.2 Å². The molecular weight excluding hydrogens is 226 g/mol. The van der Waals surface area contributed by atoms with Crippen molar-refractivity contribution in [1.82, 2.24) is 5.32 Å². The average molecular weight is 247 g/mol. The van der Waals surface area contributed by atoms with E-state index < -0.39 is 0 Å². The van der Waals surface area contributed by atoms with Gasteiger partial charge in [0, 0.05) is 24.4 Å². The predicted octanol–water partition coefficient (Wildman–Crippen LogP) is 2.30. The van der Waals surface area contributed by atoms with E-state index >= 15 is 0 Å². The van der Waals surface area contributed by atoms with Crippen molar-refractivity contribution in [3.63, 3.8) is 0 Å². The first-order valence-corrected chi connectivity index (χ1v) is 6.48. The Hall–Kier alpha value is -1.19. The molecule has 1 aliphatic heterocycles. The smallest absolute Gasteiger partial charge is 0.136 e. The van der Waals surface area contributed by atoms with Crippen molar-refractivity contribution in [2.75, 3.05) is 6.61 Å². The Morgan fingerprint density at radius 1 is 1.39 bits per heavy atom. The Morgan fingerprint density at radius 2 is 2.11 bits per heavy atom. The van der Waals surface area contributed by atoms with Crippen molar-refractivity contribution in [2.24, 2.45) is 0 Å². The molecule has 18 heavy (non-hydrogen) atoms. The second kappa shape index (κ2) is 5.63. The summed E-state index contributed by atoms with van der Waals surface area (Å²) in [6.45, 7) is 5.27. The predicted molar refractivity (Wildman–Crippen MR) is 71.3 cm³/mol. The highest BCUT2D eigenvalue weighted by atomic mass is 16.5. The molecule has 0 saturated carbocycles. The van der Waals surface area contributed by atoms with Gasteiger partial charge in [0.25, 0.3) is 0 Å². The van der Waals surface area contributed by atoms with Gasteiger partial charge < -0.3 is 10.1 Å². The molecule has 0 radical (unpaired) electrons. The van der Waals surface area contributed by atoms with Crippen LogP contribution >= 0.6 is 0 Å². The number of benzene rings is 1. The Morgan fingerprint density at radius 3 is 2.78 bits per heavy atom. The highest BCUT2D eigenvalue weighted by molar-refractivity contribution is 5.81. The van der Waals surface area contributed by atoms with E-state index in [1.807, 2.05) is 37.3 Å². The molecule has 98 valence electrons. The third-order valence-corrected chi connectivity index (χ3v) is 3.25. The second-order valence-electron chi connectivity index (χ2n) is 5.50. The fourth-order valence-electron chi connectivity index (χ4n) is 2.61. The normalized spacial score (nSPS) is 28.3. The van der Waals surface area contributed by atoms with Crippen molar-refractivity contribution < 1.29 is 9.53 Å². The first-order valence-electron chi connectivity index (χ1n) is 6.48. The summed E-state index contributed by atoms with van der Waals surface area (Å²) in [5.41, 5.74) is 0.945. The van der Waals surface area contributed by atoms with Gasteiger partial charge in [-0.2, -0.15) is 0 Å². The van der Waals surface area contributed by atoms with Crippen LogP contribution in [0.15, 0.2) is 30.3 Å². The zero-order valence-electron chi connectivity index (χ0n) is 11.1. The van der Waals surface area contributed by atoms with E-state index in [9.17, 15) is 4.79 Å². The van der Waals surface area contributed by atoms with Crippen LogP contribution in [-0.2, 0) is 16.1 Å². The molecule has 0 aromatic heterocycles. The van der Waals surface area contributed by atoms with Gasteiger partial charge in [0.15, 0.2) is 0 Å². The number of hydrogen-bond acceptors (Lipinski definition) is 3. The lowest BCUT2D eigenvalue weighted by atomic mass is 9.88. The minimum absolute atomic E-state index is 0.219. The number of rotatable bonds is 4. The van der Waals surface area contributed by atoms with Crippen molar-refractivity contribution in [3.8, 4) is 0 Å². The fourth-order valence-corrected chi connectivity index (χ4v) is 2.61. The Balaban J connectivity index is 1.84. The van der Waals surface area contributed by atoms with Crippen LogP contribution < -0.4 is 5.32 Å². The van der Waals surface area contributed by atoms with Crippen LogP contribution in [0.4, 0.5) is 0 Å². The Bertz CT molecular complexity index is 404. The van der Waals surface area contributed by atoms with E-state index in [0.29, 0.717) is 31.8 Å². The van der Waals surface area contributed by atoms with E-state index in [4.69, 9.17) is 4.74 Å². The Kier molecular flexibility index (Phi) is 4.15. The van der Waals surface area contributed by atoms with E-state index in [1.165, 1.54) is 0 Å². The minimum atomic E-state index is -0.219. The third-order valence-electron chi connectivity index (χ3n) is 3.25. The van der Waals surface area contributed by atoms with Crippen LogP contribution in [0.5, 0.6) is 0 Å². The summed E-state index contributed by atoms with van der Waals surface area (Å²) in [6, 6.07) is 10.3. The maximum atomic E-state index is 11.6. The minimum Gasteiger partial charge on any atom is -0.375 e. The number of hydrogen-bond donors (Lipinski definition) is 1. The first-order chi connectivity index (χ1) is 8.57. The molecule has 1 heterocycles. The molecule has 2 rings (SSSR count). The zero-order chi connectivity index (χ0) is 13.0. The van der Waals surface area contributed by atoms with Crippen LogP contribution in [0.3, 0.4) is 0 Å². The Labute approximate surface area is 109 Å². The number of carbonyl (C=O) groups excluding carboxylic acids is 1. The molecule has 2 atom stereocenters. The molecule has 1 saturated heterocycles. The quantitative estimate of drug-likeness (QED) is 0.887. The molecule has 2 unspecified atom stereocenters. The third kappa shape index (κ3) is 3.65. The van der Waals surface area contributed by atoms with Gasteiger partial charge in [-0.15, -0.1) is 0 Å². The van der Waals surface area contributed by atoms with Gasteiger partial charge in [-0.05, 0) is 19.4 Å². The van der Waals surface area contributed by atoms with E-state index in [1.54, 1.807) is 0 Å². The SMILES string of the molecule is CC1CC(=O)CC(C)(COCc2ccccc2)N1. The van der Waals surface area contributed by atoms with Gasteiger partial charge >= 0.3 is 0 Å². The number of carbonyl (C=O) groups is 1. The molecule has 3 nitrogen and oxygen atoms in total. The highest BCUT2D eigenvalue weighted by Gasteiger charge is 2.34. The van der Waals surface area contributed by atoms with Gasteiger partial charge in [0.2, 0.25) is 0 Å². The van der Waals surface area contributed by atoms with Crippen LogP contribution in [-0.4, -0.2) is 24.0 Å². The standard InChI is InChI=1S/C15H21NO2/c1-12-8-14(17)9-15(2,16-12)11-18-10-13-6-4-3-5-7-13/h3-7,12,16H,8-11H2,1-2H3. The van der Waals surface area contributed by atoms with E-state index in [-0.39, 0.29) is 11.6 Å². The van der Waals surface area contributed by atoms with Gasteiger partial charge in [-0.3, -0.25) is 4.79 Å². The van der Waals surface area contributed by atoms with Crippen molar-refractivity contribution in [3.05, 3.63) is 35.9 Å². The molecule has 0 aliphatic carbocycles. The first kappa shape index (κ1) is 13.2. The molecular formula is C15H21NO2. The molecule has 3 heteroatoms. The van der Waals surface area contributed by atoms with Gasteiger partial charge in [0.05, 0.1) is 13.2 Å².